The van der Waals surface area contributed by atoms with E-state index in [0.717, 1.165) is 22.0 Å². The molecule has 0 radical (unpaired) electrons. The van der Waals surface area contributed by atoms with Crippen LogP contribution in [0.1, 0.15) is 27.2 Å². The SMILES string of the molecule is COc1cc(C)cc(OC)c1C1=NC(NC(=O)c2cc3ccccc3[nH]2)C(=O)N(C)c2ccccc21. The Labute approximate surface area is 208 Å². The van der Waals surface area contributed by atoms with Crippen LogP contribution in [0.4, 0.5) is 5.69 Å². The van der Waals surface area contributed by atoms with Gasteiger partial charge in [-0.2, -0.15) is 0 Å². The van der Waals surface area contributed by atoms with Crippen molar-refractivity contribution in [2.45, 2.75) is 13.1 Å². The first-order chi connectivity index (χ1) is 17.4. The van der Waals surface area contributed by atoms with Crippen LogP contribution in [-0.2, 0) is 4.79 Å². The second kappa shape index (κ2) is 9.22. The van der Waals surface area contributed by atoms with E-state index >= 15 is 0 Å². The summed E-state index contributed by atoms with van der Waals surface area (Å²) < 4.78 is 11.4. The molecular weight excluding hydrogens is 456 g/mol. The number of amides is 2. The van der Waals surface area contributed by atoms with Crippen LogP contribution in [0.2, 0.25) is 0 Å². The third-order valence-electron chi connectivity index (χ3n) is 6.27. The highest BCUT2D eigenvalue weighted by Crippen LogP contribution is 2.36. The minimum Gasteiger partial charge on any atom is -0.496 e. The number of anilines is 1. The Balaban J connectivity index is 1.65. The van der Waals surface area contributed by atoms with Crippen molar-refractivity contribution < 1.29 is 19.1 Å². The number of aromatic amines is 1. The summed E-state index contributed by atoms with van der Waals surface area (Å²) in [5.41, 5.74) is 4.59. The number of H-pyrrole nitrogens is 1. The highest BCUT2D eigenvalue weighted by atomic mass is 16.5. The number of likely N-dealkylation sites (N-methyl/N-ethyl adjacent to an activating group) is 1. The van der Waals surface area contributed by atoms with Crippen LogP contribution in [0.15, 0.2) is 71.7 Å². The van der Waals surface area contributed by atoms with E-state index in [1.165, 1.54) is 4.90 Å². The van der Waals surface area contributed by atoms with Crippen molar-refractivity contribution in [3.05, 3.63) is 89.1 Å². The molecule has 8 nitrogen and oxygen atoms in total. The molecule has 1 atom stereocenters. The number of carbonyl (C=O) groups excluding carboxylic acids is 2. The van der Waals surface area contributed by atoms with Gasteiger partial charge in [0.05, 0.1) is 31.2 Å². The highest BCUT2D eigenvalue weighted by molar-refractivity contribution is 6.22. The van der Waals surface area contributed by atoms with Gasteiger partial charge < -0.3 is 24.7 Å². The van der Waals surface area contributed by atoms with Crippen molar-refractivity contribution in [3.8, 4) is 11.5 Å². The van der Waals surface area contributed by atoms with E-state index in [4.69, 9.17) is 14.5 Å². The van der Waals surface area contributed by atoms with Gasteiger partial charge in [0, 0.05) is 23.5 Å². The molecule has 0 fully saturated rings. The van der Waals surface area contributed by atoms with E-state index in [2.05, 4.69) is 10.3 Å². The van der Waals surface area contributed by atoms with E-state index in [-0.39, 0.29) is 5.91 Å². The van der Waals surface area contributed by atoms with Gasteiger partial charge in [0.15, 0.2) is 0 Å². The van der Waals surface area contributed by atoms with Crippen LogP contribution < -0.4 is 19.7 Å². The Morgan fingerprint density at radius 3 is 2.36 bits per heavy atom. The molecule has 0 saturated heterocycles. The Kier molecular flexibility index (Phi) is 5.93. The summed E-state index contributed by atoms with van der Waals surface area (Å²) in [6, 6.07) is 20.6. The molecule has 36 heavy (non-hydrogen) atoms. The molecule has 2 N–H and O–H groups in total. The van der Waals surface area contributed by atoms with Gasteiger partial charge in [-0.1, -0.05) is 36.4 Å². The zero-order valence-corrected chi connectivity index (χ0v) is 20.5. The lowest BCUT2D eigenvalue weighted by atomic mass is 9.97. The third-order valence-corrected chi connectivity index (χ3v) is 6.27. The van der Waals surface area contributed by atoms with Crippen LogP contribution in [0.25, 0.3) is 10.9 Å². The number of carbonyl (C=O) groups is 2. The van der Waals surface area contributed by atoms with Crippen molar-refractivity contribution in [1.82, 2.24) is 10.3 Å². The Morgan fingerprint density at radius 1 is 1.00 bits per heavy atom. The molecule has 1 unspecified atom stereocenters. The number of hydrogen-bond acceptors (Lipinski definition) is 5. The Hall–Kier alpha value is -4.59. The van der Waals surface area contributed by atoms with Gasteiger partial charge in [-0.3, -0.25) is 9.59 Å². The fraction of sp³-hybridized carbons (Fsp3) is 0.179. The first-order valence-corrected chi connectivity index (χ1v) is 11.5. The molecule has 182 valence electrons. The predicted molar refractivity (Wildman–Crippen MR) is 139 cm³/mol. The normalized spacial score (nSPS) is 15.2. The molecule has 3 aromatic carbocycles. The Bertz CT molecular complexity index is 1460. The molecule has 1 aromatic heterocycles. The molecule has 1 aliphatic rings. The monoisotopic (exact) mass is 482 g/mol. The first kappa shape index (κ1) is 23.2. The van der Waals surface area contributed by atoms with Crippen LogP contribution in [-0.4, -0.2) is 49.9 Å². The van der Waals surface area contributed by atoms with Crippen LogP contribution in [0.3, 0.4) is 0 Å². The van der Waals surface area contributed by atoms with Crippen molar-refractivity contribution >= 4 is 34.1 Å². The fourth-order valence-corrected chi connectivity index (χ4v) is 4.49. The number of methoxy groups -OCH3 is 2. The lowest BCUT2D eigenvalue weighted by Gasteiger charge is -2.20. The molecule has 8 heteroatoms. The van der Waals surface area contributed by atoms with Gasteiger partial charge in [0.1, 0.15) is 17.2 Å². The number of hydrogen-bond donors (Lipinski definition) is 2. The summed E-state index contributed by atoms with van der Waals surface area (Å²) in [6.07, 6.45) is -1.17. The van der Waals surface area contributed by atoms with Crippen LogP contribution in [0.5, 0.6) is 11.5 Å². The molecule has 2 heterocycles. The number of nitrogens with one attached hydrogen (secondary N) is 2. The number of nitrogens with zero attached hydrogens (tertiary/aromatic N) is 2. The topological polar surface area (TPSA) is 96.0 Å². The van der Waals surface area contributed by atoms with E-state index in [1.807, 2.05) is 67.6 Å². The minimum absolute atomic E-state index is 0.343. The number of aromatic nitrogens is 1. The standard InChI is InChI=1S/C28H26N4O4/c1-16-13-22(35-3)24(23(14-16)36-4)25-18-10-6-8-12-21(18)32(2)28(34)26(30-25)31-27(33)20-15-17-9-5-7-11-19(17)29-20/h5-15,26,29H,1-4H3,(H,31,33). The van der Waals surface area contributed by atoms with Gasteiger partial charge in [-0.05, 0) is 42.8 Å². The summed E-state index contributed by atoms with van der Waals surface area (Å²) in [7, 11) is 4.83. The number of benzodiazepines with no additional fused rings is 1. The molecule has 0 aliphatic carbocycles. The second-order valence-corrected chi connectivity index (χ2v) is 8.58. The number of benzene rings is 3. The average molecular weight is 483 g/mol. The van der Waals surface area contributed by atoms with Crippen LogP contribution >= 0.6 is 0 Å². The fourth-order valence-electron chi connectivity index (χ4n) is 4.49. The lowest BCUT2D eigenvalue weighted by molar-refractivity contribution is -0.119. The van der Waals surface area contributed by atoms with Crippen molar-refractivity contribution in [3.63, 3.8) is 0 Å². The predicted octanol–water partition coefficient (Wildman–Crippen LogP) is 4.06. The molecule has 1 aliphatic heterocycles. The number of fused-ring (bicyclic) bond motifs is 2. The number of aliphatic imine (C=N–C) groups is 1. The molecule has 4 aromatic rings. The second-order valence-electron chi connectivity index (χ2n) is 8.58. The number of rotatable bonds is 5. The van der Waals surface area contributed by atoms with Crippen LogP contribution in [0, 0.1) is 6.92 Å². The number of ether oxygens (including phenoxy) is 2. The molecule has 2 amide bonds. The summed E-state index contributed by atoms with van der Waals surface area (Å²) in [5.74, 6) is 0.304. The maximum absolute atomic E-state index is 13.5. The molecule has 0 saturated carbocycles. The smallest absolute Gasteiger partial charge is 0.272 e. The van der Waals surface area contributed by atoms with Gasteiger partial charge in [0.2, 0.25) is 6.17 Å². The van der Waals surface area contributed by atoms with E-state index in [9.17, 15) is 9.59 Å². The minimum atomic E-state index is -1.17. The quantitative estimate of drug-likeness (QED) is 0.448. The van der Waals surface area contributed by atoms with Gasteiger partial charge in [0.25, 0.3) is 11.8 Å². The number of aryl methyl sites for hydroxylation is 1. The summed E-state index contributed by atoms with van der Waals surface area (Å²) >= 11 is 0. The molecule has 0 bridgehead atoms. The zero-order chi connectivity index (χ0) is 25.4. The zero-order valence-electron chi connectivity index (χ0n) is 20.5. The summed E-state index contributed by atoms with van der Waals surface area (Å²) in [6.45, 7) is 1.94. The Morgan fingerprint density at radius 2 is 1.67 bits per heavy atom. The van der Waals surface area contributed by atoms with E-state index in [1.54, 1.807) is 27.3 Å². The van der Waals surface area contributed by atoms with Gasteiger partial charge in [-0.25, -0.2) is 4.99 Å². The molecule has 5 rings (SSSR count). The van der Waals surface area contributed by atoms with E-state index < -0.39 is 12.1 Å². The lowest BCUT2D eigenvalue weighted by Crippen LogP contribution is -2.46. The van der Waals surface area contributed by atoms with Gasteiger partial charge >= 0.3 is 0 Å². The third kappa shape index (κ3) is 3.96. The van der Waals surface area contributed by atoms with Crippen molar-refractivity contribution in [2.24, 2.45) is 4.99 Å². The van der Waals surface area contributed by atoms with Gasteiger partial charge in [-0.15, -0.1) is 0 Å². The van der Waals surface area contributed by atoms with E-state index in [0.29, 0.717) is 34.2 Å². The number of para-hydroxylation sites is 2. The van der Waals surface area contributed by atoms with Crippen molar-refractivity contribution in [2.75, 3.05) is 26.2 Å². The average Bonchev–Trinajstić information content (AvgIpc) is 3.31. The summed E-state index contributed by atoms with van der Waals surface area (Å²) in [4.78, 5) is 36.2. The maximum atomic E-state index is 13.5. The molecule has 0 spiro atoms. The van der Waals surface area contributed by atoms with Crippen molar-refractivity contribution in [1.29, 1.82) is 0 Å². The largest absolute Gasteiger partial charge is 0.496 e. The highest BCUT2D eigenvalue weighted by Gasteiger charge is 2.33. The first-order valence-electron chi connectivity index (χ1n) is 11.5. The molecular formula is C28H26N4O4. The summed E-state index contributed by atoms with van der Waals surface area (Å²) in [5, 5.41) is 3.71. The maximum Gasteiger partial charge on any atom is 0.272 e.